The topological polar surface area (TPSA) is 21.3 Å². The summed E-state index contributed by atoms with van der Waals surface area (Å²) >= 11 is 5.30. The summed E-state index contributed by atoms with van der Waals surface area (Å²) in [5, 5.41) is 5.55. The van der Waals surface area contributed by atoms with E-state index in [1.54, 1.807) is 11.3 Å². The largest absolute Gasteiger partial charge is 0.491 e. The maximum Gasteiger partial charge on any atom is 0.120 e. The van der Waals surface area contributed by atoms with Crippen molar-refractivity contribution in [2.45, 2.75) is 33.4 Å². The number of ether oxygens (including phenoxy) is 1. The number of hydrogen-bond acceptors (Lipinski definition) is 3. The molecule has 1 heterocycles. The van der Waals surface area contributed by atoms with Gasteiger partial charge in [-0.1, -0.05) is 0 Å². The van der Waals surface area contributed by atoms with Crippen molar-refractivity contribution in [2.75, 3.05) is 5.32 Å². The predicted molar refractivity (Wildman–Crippen MR) is 86.3 cm³/mol. The quantitative estimate of drug-likeness (QED) is 0.806. The highest BCUT2D eigenvalue weighted by atomic mass is 79.9. The molecule has 4 heteroatoms. The maximum absolute atomic E-state index is 5.69. The van der Waals surface area contributed by atoms with Crippen LogP contribution in [0.15, 0.2) is 34.1 Å². The van der Waals surface area contributed by atoms with Crippen molar-refractivity contribution in [1.29, 1.82) is 0 Å². The number of nitrogens with one attached hydrogen (secondary N) is 1. The molecule has 0 amide bonds. The Morgan fingerprint density at radius 1 is 1.32 bits per heavy atom. The number of hydrogen-bond donors (Lipinski definition) is 1. The molecular weight excluding hydrogens is 322 g/mol. The third kappa shape index (κ3) is 3.98. The molecule has 0 aliphatic rings. The number of aryl methyl sites for hydroxylation is 1. The lowest BCUT2D eigenvalue weighted by atomic mass is 10.2. The van der Waals surface area contributed by atoms with Crippen molar-refractivity contribution in [3.05, 3.63) is 44.6 Å². The lowest BCUT2D eigenvalue weighted by Crippen LogP contribution is -2.06. The van der Waals surface area contributed by atoms with Crippen molar-refractivity contribution in [3.63, 3.8) is 0 Å². The van der Waals surface area contributed by atoms with Crippen LogP contribution in [0.3, 0.4) is 0 Å². The fourth-order valence-corrected chi connectivity index (χ4v) is 3.24. The first-order valence-electron chi connectivity index (χ1n) is 6.29. The number of anilines is 1. The summed E-state index contributed by atoms with van der Waals surface area (Å²) in [5.41, 5.74) is 2.35. The molecule has 2 rings (SSSR count). The highest BCUT2D eigenvalue weighted by molar-refractivity contribution is 9.10. The molecule has 0 unspecified atom stereocenters. The van der Waals surface area contributed by atoms with Gasteiger partial charge in [0, 0.05) is 15.0 Å². The molecule has 19 heavy (non-hydrogen) atoms. The summed E-state index contributed by atoms with van der Waals surface area (Å²) in [6.45, 7) is 7.01. The summed E-state index contributed by atoms with van der Waals surface area (Å²) in [7, 11) is 0. The molecule has 0 spiro atoms. The molecule has 0 aliphatic heterocycles. The van der Waals surface area contributed by atoms with Crippen molar-refractivity contribution < 1.29 is 4.74 Å². The Labute approximate surface area is 126 Å². The summed E-state index contributed by atoms with van der Waals surface area (Å²) in [6.07, 6.45) is 0.209. The fraction of sp³-hybridized carbons (Fsp3) is 0.333. The Balaban J connectivity index is 2.03. The van der Waals surface area contributed by atoms with Crippen LogP contribution in [0.2, 0.25) is 0 Å². The van der Waals surface area contributed by atoms with Crippen LogP contribution in [-0.2, 0) is 6.54 Å². The van der Waals surface area contributed by atoms with E-state index in [4.69, 9.17) is 4.74 Å². The Morgan fingerprint density at radius 3 is 2.68 bits per heavy atom. The van der Waals surface area contributed by atoms with Crippen LogP contribution >= 0.6 is 27.3 Å². The van der Waals surface area contributed by atoms with E-state index >= 15 is 0 Å². The molecule has 0 saturated heterocycles. The van der Waals surface area contributed by atoms with E-state index in [9.17, 15) is 0 Å². The summed E-state index contributed by atoms with van der Waals surface area (Å²) < 4.78 is 6.86. The van der Waals surface area contributed by atoms with Gasteiger partial charge in [-0.3, -0.25) is 0 Å². The number of halogens is 1. The van der Waals surface area contributed by atoms with Crippen molar-refractivity contribution in [3.8, 4) is 5.75 Å². The number of thiophene rings is 1. The van der Waals surface area contributed by atoms with Crippen LogP contribution in [-0.4, -0.2) is 6.10 Å². The Morgan fingerprint density at radius 2 is 2.11 bits per heavy atom. The molecule has 0 aliphatic carbocycles. The van der Waals surface area contributed by atoms with Gasteiger partial charge >= 0.3 is 0 Å². The van der Waals surface area contributed by atoms with Crippen LogP contribution in [0.4, 0.5) is 5.69 Å². The lowest BCUT2D eigenvalue weighted by Gasteiger charge is -2.13. The van der Waals surface area contributed by atoms with Gasteiger partial charge in [-0.05, 0) is 71.9 Å². The molecule has 0 bridgehead atoms. The van der Waals surface area contributed by atoms with E-state index in [0.29, 0.717) is 0 Å². The van der Waals surface area contributed by atoms with Gasteiger partial charge in [-0.15, -0.1) is 11.3 Å². The van der Waals surface area contributed by atoms with Crippen LogP contribution in [0.25, 0.3) is 0 Å². The molecule has 1 aromatic heterocycles. The van der Waals surface area contributed by atoms with Gasteiger partial charge in [0.05, 0.1) is 12.6 Å². The molecule has 0 atom stereocenters. The van der Waals surface area contributed by atoms with Crippen LogP contribution in [0, 0.1) is 6.92 Å². The lowest BCUT2D eigenvalue weighted by molar-refractivity contribution is 0.242. The van der Waals surface area contributed by atoms with Gasteiger partial charge in [0.15, 0.2) is 0 Å². The zero-order valence-electron chi connectivity index (χ0n) is 11.4. The van der Waals surface area contributed by atoms with Gasteiger partial charge in [0.25, 0.3) is 0 Å². The third-order valence-electron chi connectivity index (χ3n) is 2.70. The van der Waals surface area contributed by atoms with Gasteiger partial charge in [0.2, 0.25) is 0 Å². The molecule has 1 aromatic carbocycles. The molecule has 2 aromatic rings. The second-order valence-electron chi connectivity index (χ2n) is 4.69. The van der Waals surface area contributed by atoms with Gasteiger partial charge in [-0.25, -0.2) is 0 Å². The molecule has 0 saturated carbocycles. The molecule has 102 valence electrons. The Bertz CT molecular complexity index is 551. The average molecular weight is 340 g/mol. The van der Waals surface area contributed by atoms with Crippen LogP contribution < -0.4 is 10.1 Å². The molecule has 2 nitrogen and oxygen atoms in total. The van der Waals surface area contributed by atoms with Gasteiger partial charge < -0.3 is 10.1 Å². The standard InChI is InChI=1S/C15H18BrNOS/c1-10(2)18-12-4-5-14(11(3)8-12)17-9-15-13(16)6-7-19-15/h4-8,10,17H,9H2,1-3H3. The van der Waals surface area contributed by atoms with Crippen LogP contribution in [0.5, 0.6) is 5.75 Å². The highest BCUT2D eigenvalue weighted by Crippen LogP contribution is 2.26. The fourth-order valence-electron chi connectivity index (χ4n) is 1.81. The number of benzene rings is 1. The second kappa shape index (κ2) is 6.44. The molecular formula is C15H18BrNOS. The zero-order valence-corrected chi connectivity index (χ0v) is 13.8. The molecule has 0 radical (unpaired) electrons. The first-order valence-corrected chi connectivity index (χ1v) is 7.96. The third-order valence-corrected chi connectivity index (χ3v) is 4.63. The highest BCUT2D eigenvalue weighted by Gasteiger charge is 2.04. The predicted octanol–water partition coefficient (Wildman–Crippen LogP) is 5.22. The summed E-state index contributed by atoms with van der Waals surface area (Å²) in [6, 6.07) is 8.24. The van der Waals surface area contributed by atoms with Crippen molar-refractivity contribution >= 4 is 33.0 Å². The number of rotatable bonds is 5. The minimum Gasteiger partial charge on any atom is -0.491 e. The van der Waals surface area contributed by atoms with Crippen molar-refractivity contribution in [1.82, 2.24) is 0 Å². The van der Waals surface area contributed by atoms with E-state index < -0.39 is 0 Å². The van der Waals surface area contributed by atoms with E-state index in [-0.39, 0.29) is 6.10 Å². The first kappa shape index (κ1) is 14.4. The van der Waals surface area contributed by atoms with Gasteiger partial charge in [0.1, 0.15) is 5.75 Å². The van der Waals surface area contributed by atoms with E-state index in [0.717, 1.165) is 18.0 Å². The van der Waals surface area contributed by atoms with E-state index in [1.807, 2.05) is 19.9 Å². The summed E-state index contributed by atoms with van der Waals surface area (Å²) in [5.74, 6) is 0.926. The second-order valence-corrected chi connectivity index (χ2v) is 6.54. The molecule has 1 N–H and O–H groups in total. The zero-order chi connectivity index (χ0) is 13.8. The van der Waals surface area contributed by atoms with E-state index in [2.05, 4.69) is 51.7 Å². The van der Waals surface area contributed by atoms with E-state index in [1.165, 1.54) is 14.9 Å². The summed E-state index contributed by atoms with van der Waals surface area (Å²) in [4.78, 5) is 1.31. The first-order chi connectivity index (χ1) is 9.06. The Hall–Kier alpha value is -1.00. The maximum atomic E-state index is 5.69. The van der Waals surface area contributed by atoms with Crippen molar-refractivity contribution in [2.24, 2.45) is 0 Å². The average Bonchev–Trinajstić information content (AvgIpc) is 2.73. The van der Waals surface area contributed by atoms with Crippen LogP contribution in [0.1, 0.15) is 24.3 Å². The minimum absolute atomic E-state index is 0.209. The normalized spacial score (nSPS) is 10.8. The molecule has 0 fully saturated rings. The minimum atomic E-state index is 0.209. The monoisotopic (exact) mass is 339 g/mol. The smallest absolute Gasteiger partial charge is 0.120 e. The van der Waals surface area contributed by atoms with Gasteiger partial charge in [-0.2, -0.15) is 0 Å². The Kier molecular flexibility index (Phi) is 4.88. The SMILES string of the molecule is Cc1cc(OC(C)C)ccc1NCc1sccc1Br.